The third-order valence-corrected chi connectivity index (χ3v) is 3.78. The number of thiol groups is 1. The van der Waals surface area contributed by atoms with Crippen LogP contribution in [0.4, 0.5) is 0 Å². The van der Waals surface area contributed by atoms with Crippen molar-refractivity contribution in [2.24, 2.45) is 11.3 Å². The highest BCUT2D eigenvalue weighted by molar-refractivity contribution is 7.77. The van der Waals surface area contributed by atoms with Gasteiger partial charge in [0.05, 0.1) is 0 Å². The Morgan fingerprint density at radius 3 is 2.15 bits per heavy atom. The Kier molecular flexibility index (Phi) is 2.20. The van der Waals surface area contributed by atoms with Crippen LogP contribution >= 0.6 is 12.8 Å². The van der Waals surface area contributed by atoms with Crippen molar-refractivity contribution in [3.8, 4) is 0 Å². The fraction of sp³-hybridized carbons (Fsp3) is 1.00. The van der Waals surface area contributed by atoms with Crippen LogP contribution in [0.3, 0.4) is 0 Å². The molecule has 2 fully saturated rings. The van der Waals surface area contributed by atoms with E-state index in [2.05, 4.69) is 37.9 Å². The second-order valence-corrected chi connectivity index (χ2v) is 6.48. The number of hydrogen-bond acceptors (Lipinski definition) is 2. The van der Waals surface area contributed by atoms with Gasteiger partial charge < -0.3 is 0 Å². The van der Waals surface area contributed by atoms with Gasteiger partial charge in [-0.25, -0.2) is 4.31 Å². The predicted molar refractivity (Wildman–Crippen MR) is 59.8 cm³/mol. The van der Waals surface area contributed by atoms with Gasteiger partial charge in [-0.2, -0.15) is 0 Å². The monoisotopic (exact) mass is 199 g/mol. The van der Waals surface area contributed by atoms with Crippen molar-refractivity contribution in [3.05, 3.63) is 0 Å². The van der Waals surface area contributed by atoms with E-state index in [0.29, 0.717) is 11.0 Å². The smallest absolute Gasteiger partial charge is 0.0340 e. The summed E-state index contributed by atoms with van der Waals surface area (Å²) in [5, 5.41) is 0. The van der Waals surface area contributed by atoms with Gasteiger partial charge in [-0.05, 0) is 37.0 Å². The van der Waals surface area contributed by atoms with Gasteiger partial charge in [0.25, 0.3) is 0 Å². The normalized spacial score (nSPS) is 26.5. The Bertz CT molecular complexity index is 199. The van der Waals surface area contributed by atoms with Gasteiger partial charge in [0.2, 0.25) is 0 Å². The minimum absolute atomic E-state index is 0.381. The third-order valence-electron chi connectivity index (χ3n) is 3.24. The Labute approximate surface area is 87.4 Å². The molecule has 0 aromatic heterocycles. The number of nitrogens with zero attached hydrogens (tertiary/aromatic N) is 1. The van der Waals surface area contributed by atoms with Gasteiger partial charge in [0.1, 0.15) is 0 Å². The summed E-state index contributed by atoms with van der Waals surface area (Å²) in [6.07, 6.45) is 5.66. The average Bonchev–Trinajstić information content (AvgIpc) is 2.79. The molecule has 0 saturated heterocycles. The lowest BCUT2D eigenvalue weighted by atomic mass is 9.95. The van der Waals surface area contributed by atoms with E-state index in [-0.39, 0.29) is 0 Å². The van der Waals surface area contributed by atoms with E-state index in [9.17, 15) is 0 Å². The minimum Gasteiger partial charge on any atom is -0.246 e. The molecule has 0 atom stereocenters. The molecule has 1 nitrogen and oxygen atoms in total. The van der Waals surface area contributed by atoms with Crippen LogP contribution in [0.25, 0.3) is 0 Å². The average molecular weight is 199 g/mol. The lowest BCUT2D eigenvalue weighted by Gasteiger charge is -2.32. The number of rotatable bonds is 3. The van der Waals surface area contributed by atoms with Crippen LogP contribution in [0.1, 0.15) is 46.5 Å². The van der Waals surface area contributed by atoms with Gasteiger partial charge in [-0.3, -0.25) is 0 Å². The summed E-state index contributed by atoms with van der Waals surface area (Å²) in [5.41, 5.74) is 0.905. The lowest BCUT2D eigenvalue weighted by molar-refractivity contribution is 0.220. The van der Waals surface area contributed by atoms with Crippen molar-refractivity contribution in [2.45, 2.75) is 52.0 Å². The molecule has 2 rings (SSSR count). The predicted octanol–water partition coefficient (Wildman–Crippen LogP) is 3.12. The molecular formula is C11H21NS. The first-order chi connectivity index (χ1) is 5.94. The molecular weight excluding hydrogens is 178 g/mol. The first-order valence-electron chi connectivity index (χ1n) is 5.41. The molecule has 76 valence electrons. The highest BCUT2D eigenvalue weighted by Gasteiger charge is 2.57. The fourth-order valence-electron chi connectivity index (χ4n) is 2.23. The summed E-state index contributed by atoms with van der Waals surface area (Å²) in [6, 6.07) is 0. The van der Waals surface area contributed by atoms with Crippen LogP contribution < -0.4 is 0 Å². The van der Waals surface area contributed by atoms with E-state index in [4.69, 9.17) is 0 Å². The van der Waals surface area contributed by atoms with Gasteiger partial charge >= 0.3 is 0 Å². The third kappa shape index (κ3) is 2.04. The molecule has 2 aliphatic carbocycles. The van der Waals surface area contributed by atoms with E-state index in [1.54, 1.807) is 0 Å². The Morgan fingerprint density at radius 2 is 1.85 bits per heavy atom. The molecule has 2 saturated carbocycles. The summed E-state index contributed by atoms with van der Waals surface area (Å²) < 4.78 is 2.34. The quantitative estimate of drug-likeness (QED) is 0.684. The first-order valence-corrected chi connectivity index (χ1v) is 5.81. The van der Waals surface area contributed by atoms with Crippen LogP contribution in [0.5, 0.6) is 0 Å². The van der Waals surface area contributed by atoms with Crippen LogP contribution in [0, 0.1) is 11.3 Å². The minimum atomic E-state index is 0.381. The topological polar surface area (TPSA) is 3.24 Å². The molecule has 0 heterocycles. The van der Waals surface area contributed by atoms with E-state index >= 15 is 0 Å². The van der Waals surface area contributed by atoms with Crippen LogP contribution in [0.2, 0.25) is 0 Å². The standard InChI is InChI=1S/C11H21NS/c1-10(2,3)8-12(13)11(6-7-11)9-4-5-9/h9,13H,4-8H2,1-3H3. The van der Waals surface area contributed by atoms with Crippen molar-refractivity contribution in [3.63, 3.8) is 0 Å². The molecule has 0 unspecified atom stereocenters. The molecule has 13 heavy (non-hydrogen) atoms. The highest BCUT2D eigenvalue weighted by Crippen LogP contribution is 2.58. The highest BCUT2D eigenvalue weighted by atomic mass is 32.1. The molecule has 0 spiro atoms. The van der Waals surface area contributed by atoms with Crippen molar-refractivity contribution < 1.29 is 0 Å². The molecule has 0 aliphatic heterocycles. The molecule has 0 amide bonds. The molecule has 2 heteroatoms. The summed E-state index contributed by atoms with van der Waals surface area (Å²) >= 11 is 4.68. The molecule has 0 N–H and O–H groups in total. The fourth-order valence-corrected chi connectivity index (χ4v) is 3.02. The zero-order chi connectivity index (χ0) is 9.69. The summed E-state index contributed by atoms with van der Waals surface area (Å²) in [4.78, 5) is 0. The molecule has 0 radical (unpaired) electrons. The molecule has 0 bridgehead atoms. The van der Waals surface area contributed by atoms with E-state index in [1.807, 2.05) is 0 Å². The largest absolute Gasteiger partial charge is 0.246 e. The molecule has 2 aliphatic rings. The first kappa shape index (κ1) is 9.85. The van der Waals surface area contributed by atoms with Crippen LogP contribution in [-0.4, -0.2) is 16.4 Å². The molecule has 0 aromatic rings. The van der Waals surface area contributed by atoms with Crippen molar-refractivity contribution >= 4 is 12.8 Å². The maximum Gasteiger partial charge on any atom is 0.0340 e. The second-order valence-electron chi connectivity index (χ2n) is 6.00. The van der Waals surface area contributed by atoms with E-state index in [1.165, 1.54) is 25.7 Å². The lowest BCUT2D eigenvalue weighted by Crippen LogP contribution is -2.37. The Balaban J connectivity index is 1.93. The van der Waals surface area contributed by atoms with Crippen molar-refractivity contribution in [1.29, 1.82) is 0 Å². The van der Waals surface area contributed by atoms with Crippen LogP contribution in [-0.2, 0) is 0 Å². The molecule has 0 aromatic carbocycles. The number of hydrogen-bond donors (Lipinski definition) is 1. The summed E-state index contributed by atoms with van der Waals surface area (Å²) in [7, 11) is 0. The van der Waals surface area contributed by atoms with Crippen molar-refractivity contribution in [1.82, 2.24) is 4.31 Å². The maximum absolute atomic E-state index is 4.68. The summed E-state index contributed by atoms with van der Waals surface area (Å²) in [5.74, 6) is 0.979. The van der Waals surface area contributed by atoms with Gasteiger partial charge in [0, 0.05) is 12.1 Å². The van der Waals surface area contributed by atoms with E-state index < -0.39 is 0 Å². The SMILES string of the molecule is CC(C)(C)CN(S)C1(C2CC2)CC1. The summed E-state index contributed by atoms with van der Waals surface area (Å²) in [6.45, 7) is 7.99. The van der Waals surface area contributed by atoms with Gasteiger partial charge in [-0.15, -0.1) is 0 Å². The zero-order valence-electron chi connectivity index (χ0n) is 9.01. The van der Waals surface area contributed by atoms with Crippen LogP contribution in [0.15, 0.2) is 0 Å². The maximum atomic E-state index is 4.68. The zero-order valence-corrected chi connectivity index (χ0v) is 9.90. The van der Waals surface area contributed by atoms with Gasteiger partial charge in [0.15, 0.2) is 0 Å². The Hall–Kier alpha value is 0.310. The van der Waals surface area contributed by atoms with E-state index in [0.717, 1.165) is 12.5 Å². The second kappa shape index (κ2) is 2.90. The Morgan fingerprint density at radius 1 is 1.31 bits per heavy atom. The van der Waals surface area contributed by atoms with Gasteiger partial charge in [-0.1, -0.05) is 33.6 Å². The van der Waals surface area contributed by atoms with Crippen molar-refractivity contribution in [2.75, 3.05) is 6.54 Å².